The minimum Gasteiger partial charge on any atom is -0.618 e. The topological polar surface area (TPSA) is 44.0 Å². The van der Waals surface area contributed by atoms with Gasteiger partial charge < -0.3 is 5.21 Å². The second-order valence-corrected chi connectivity index (χ2v) is 5.82. The van der Waals surface area contributed by atoms with Gasteiger partial charge in [0.1, 0.15) is 10.8 Å². The predicted molar refractivity (Wildman–Crippen MR) is 72.0 cm³/mol. The van der Waals surface area contributed by atoms with Crippen LogP contribution in [0.4, 0.5) is 0 Å². The van der Waals surface area contributed by atoms with Crippen molar-refractivity contribution in [3.63, 3.8) is 0 Å². The highest BCUT2D eigenvalue weighted by Gasteiger charge is 2.14. The standard InChI is InChI=1S/C12H9Cl2NO2S/c13-10-5-4-9(7-11(10)14)8-18(17)12-3-1-2-6-15(12)16/h1-7H,8H2. The van der Waals surface area contributed by atoms with Crippen LogP contribution >= 0.6 is 23.2 Å². The molecule has 0 fully saturated rings. The molecular weight excluding hydrogens is 293 g/mol. The monoisotopic (exact) mass is 301 g/mol. The minimum atomic E-state index is -1.41. The van der Waals surface area contributed by atoms with Gasteiger partial charge in [0.2, 0.25) is 0 Å². The molecule has 18 heavy (non-hydrogen) atoms. The fourth-order valence-electron chi connectivity index (χ4n) is 1.44. The molecule has 0 bridgehead atoms. The number of hydrogen-bond acceptors (Lipinski definition) is 2. The Kier molecular flexibility index (Phi) is 4.22. The summed E-state index contributed by atoms with van der Waals surface area (Å²) in [5, 5.41) is 12.5. The highest BCUT2D eigenvalue weighted by Crippen LogP contribution is 2.23. The van der Waals surface area contributed by atoms with Gasteiger partial charge in [-0.1, -0.05) is 29.3 Å². The van der Waals surface area contributed by atoms with Crippen LogP contribution in [0, 0.1) is 5.21 Å². The first kappa shape index (κ1) is 13.3. The molecule has 2 aromatic rings. The van der Waals surface area contributed by atoms with Crippen LogP contribution in [-0.2, 0) is 16.6 Å². The van der Waals surface area contributed by atoms with Gasteiger partial charge in [-0.25, -0.2) is 4.21 Å². The molecule has 1 aromatic heterocycles. The third-order valence-electron chi connectivity index (χ3n) is 2.30. The van der Waals surface area contributed by atoms with Gasteiger partial charge in [0.05, 0.1) is 15.8 Å². The number of hydrogen-bond donors (Lipinski definition) is 0. The van der Waals surface area contributed by atoms with Gasteiger partial charge in [-0.3, -0.25) is 0 Å². The average molecular weight is 302 g/mol. The van der Waals surface area contributed by atoms with Crippen molar-refractivity contribution in [3.8, 4) is 0 Å². The summed E-state index contributed by atoms with van der Waals surface area (Å²) in [4.78, 5) is 0. The van der Waals surface area contributed by atoms with Crippen molar-refractivity contribution in [1.29, 1.82) is 0 Å². The SMILES string of the molecule is O=S(Cc1ccc(Cl)c(Cl)c1)c1cccc[n+]1[O-]. The summed E-state index contributed by atoms with van der Waals surface area (Å²) in [6.07, 6.45) is 1.32. The molecule has 0 aliphatic carbocycles. The van der Waals surface area contributed by atoms with Crippen molar-refractivity contribution in [1.82, 2.24) is 0 Å². The van der Waals surface area contributed by atoms with E-state index in [-0.39, 0.29) is 10.8 Å². The van der Waals surface area contributed by atoms with Crippen molar-refractivity contribution in [3.05, 3.63) is 63.4 Å². The van der Waals surface area contributed by atoms with Gasteiger partial charge in [0.15, 0.2) is 6.20 Å². The molecule has 6 heteroatoms. The lowest BCUT2D eigenvalue weighted by molar-refractivity contribution is -0.646. The number of nitrogens with zero attached hydrogens (tertiary/aromatic N) is 1. The Balaban J connectivity index is 2.22. The zero-order chi connectivity index (χ0) is 13.1. The number of halogens is 2. The van der Waals surface area contributed by atoms with E-state index in [1.54, 1.807) is 36.4 Å². The maximum Gasteiger partial charge on any atom is 0.281 e. The van der Waals surface area contributed by atoms with Crippen molar-refractivity contribution >= 4 is 34.0 Å². The van der Waals surface area contributed by atoms with E-state index in [1.807, 2.05) is 0 Å². The summed E-state index contributed by atoms with van der Waals surface area (Å²) in [5.74, 6) is 0.225. The predicted octanol–water partition coefficient (Wildman–Crippen LogP) is 2.93. The Bertz CT molecular complexity index is 604. The maximum atomic E-state index is 12.0. The van der Waals surface area contributed by atoms with E-state index in [9.17, 15) is 9.42 Å². The Morgan fingerprint density at radius 1 is 1.17 bits per heavy atom. The maximum absolute atomic E-state index is 12.0. The molecule has 2 rings (SSSR count). The van der Waals surface area contributed by atoms with Crippen molar-refractivity contribution < 1.29 is 8.94 Å². The Hall–Kier alpha value is -1.10. The van der Waals surface area contributed by atoms with Crippen molar-refractivity contribution in [2.24, 2.45) is 0 Å². The van der Waals surface area contributed by atoms with Gasteiger partial charge >= 0.3 is 0 Å². The fraction of sp³-hybridized carbons (Fsp3) is 0.0833. The van der Waals surface area contributed by atoms with Crippen LogP contribution in [0.3, 0.4) is 0 Å². The average Bonchev–Trinajstić information content (AvgIpc) is 2.34. The number of rotatable bonds is 3. The largest absolute Gasteiger partial charge is 0.618 e. The Labute approximate surface area is 117 Å². The molecule has 0 N–H and O–H groups in total. The Morgan fingerprint density at radius 2 is 1.94 bits per heavy atom. The van der Waals surface area contributed by atoms with E-state index in [2.05, 4.69) is 0 Å². The summed E-state index contributed by atoms with van der Waals surface area (Å²) in [6.45, 7) is 0. The lowest BCUT2D eigenvalue weighted by Crippen LogP contribution is -2.31. The van der Waals surface area contributed by atoms with Crippen LogP contribution in [0.15, 0.2) is 47.6 Å². The summed E-state index contributed by atoms with van der Waals surface area (Å²) in [7, 11) is -1.41. The van der Waals surface area contributed by atoms with Gasteiger partial charge in [0.25, 0.3) is 5.03 Å². The van der Waals surface area contributed by atoms with Gasteiger partial charge in [-0.2, -0.15) is 4.73 Å². The normalized spacial score (nSPS) is 12.3. The Morgan fingerprint density at radius 3 is 2.61 bits per heavy atom. The summed E-state index contributed by atoms with van der Waals surface area (Å²) < 4.78 is 12.7. The number of pyridine rings is 1. The molecule has 0 aliphatic heterocycles. The molecule has 0 amide bonds. The van der Waals surface area contributed by atoms with E-state index < -0.39 is 10.8 Å². The van der Waals surface area contributed by atoms with Crippen LogP contribution in [0.2, 0.25) is 10.0 Å². The summed E-state index contributed by atoms with van der Waals surface area (Å²) in [6, 6.07) is 9.85. The van der Waals surface area contributed by atoms with E-state index in [0.29, 0.717) is 14.8 Å². The lowest BCUT2D eigenvalue weighted by atomic mass is 10.2. The minimum absolute atomic E-state index is 0.225. The fourth-order valence-corrected chi connectivity index (χ4v) is 2.89. The molecule has 0 spiro atoms. The summed E-state index contributed by atoms with van der Waals surface area (Å²) >= 11 is 11.7. The lowest BCUT2D eigenvalue weighted by Gasteiger charge is -2.04. The van der Waals surface area contributed by atoms with Crippen molar-refractivity contribution in [2.45, 2.75) is 10.8 Å². The molecule has 94 valence electrons. The third kappa shape index (κ3) is 3.02. The highest BCUT2D eigenvalue weighted by molar-refractivity contribution is 7.84. The van der Waals surface area contributed by atoms with Crippen molar-refractivity contribution in [2.75, 3.05) is 0 Å². The van der Waals surface area contributed by atoms with Gasteiger partial charge in [0, 0.05) is 12.1 Å². The zero-order valence-electron chi connectivity index (χ0n) is 9.18. The van der Waals surface area contributed by atoms with E-state index >= 15 is 0 Å². The summed E-state index contributed by atoms with van der Waals surface area (Å²) in [5.41, 5.74) is 0.770. The van der Waals surface area contributed by atoms with E-state index in [0.717, 1.165) is 5.56 Å². The second-order valence-electron chi connectivity index (χ2n) is 3.60. The molecule has 0 saturated heterocycles. The first-order valence-corrected chi connectivity index (χ1v) is 7.16. The van der Waals surface area contributed by atoms with E-state index in [4.69, 9.17) is 23.2 Å². The molecule has 0 radical (unpaired) electrons. The molecule has 3 nitrogen and oxygen atoms in total. The molecule has 1 aromatic carbocycles. The van der Waals surface area contributed by atoms with Crippen LogP contribution in [0.1, 0.15) is 5.56 Å². The van der Waals surface area contributed by atoms with Gasteiger partial charge in [-0.15, -0.1) is 0 Å². The smallest absolute Gasteiger partial charge is 0.281 e. The number of benzene rings is 1. The van der Waals surface area contributed by atoms with Crippen LogP contribution < -0.4 is 4.73 Å². The molecule has 0 aliphatic rings. The molecule has 1 atom stereocenters. The first-order valence-electron chi connectivity index (χ1n) is 5.08. The molecule has 1 heterocycles. The van der Waals surface area contributed by atoms with Crippen LogP contribution in [0.25, 0.3) is 0 Å². The quantitative estimate of drug-likeness (QED) is 0.646. The second kappa shape index (κ2) is 5.69. The third-order valence-corrected chi connectivity index (χ3v) is 4.42. The molecule has 0 saturated carbocycles. The van der Waals surface area contributed by atoms with E-state index in [1.165, 1.54) is 6.20 Å². The first-order chi connectivity index (χ1) is 8.58. The zero-order valence-corrected chi connectivity index (χ0v) is 11.5. The highest BCUT2D eigenvalue weighted by atomic mass is 35.5. The number of aromatic nitrogens is 1. The molecular formula is C12H9Cl2NO2S. The molecule has 1 unspecified atom stereocenters. The van der Waals surface area contributed by atoms with Gasteiger partial charge in [-0.05, 0) is 23.8 Å². The van der Waals surface area contributed by atoms with Crippen LogP contribution in [0.5, 0.6) is 0 Å². The van der Waals surface area contributed by atoms with Crippen LogP contribution in [-0.4, -0.2) is 4.21 Å².